The highest BCUT2D eigenvalue weighted by Gasteiger charge is 2.36. The third kappa shape index (κ3) is 12.3. The predicted molar refractivity (Wildman–Crippen MR) is 255 cm³/mol. The van der Waals surface area contributed by atoms with Gasteiger partial charge in [-0.3, -0.25) is 29.0 Å². The summed E-state index contributed by atoms with van der Waals surface area (Å²) in [5.74, 6) is -3.03. The Balaban J connectivity index is 1.56. The number of nitrogens with one attached hydrogen (secondary N) is 1. The SMILES string of the molecule is Cc1cc(C(C)(C)C)ccc1-c1ccc(C(=O)C[C@@H](CCN)C(=O)N(C)[C@@H]2C(=O)C[C@@H](C)C(=O)N[C@H](C(=O)CCC#N)Cc3ccc(OCCN)c(c3)-c3cc2ccc3OCCN)c(C)n1. The molecule has 1 aromatic heterocycles. The zero-order valence-corrected chi connectivity index (χ0v) is 39.4. The van der Waals surface area contributed by atoms with E-state index in [1.54, 1.807) is 50.2 Å². The Labute approximate surface area is 388 Å². The van der Waals surface area contributed by atoms with Crippen molar-refractivity contribution in [1.29, 1.82) is 5.26 Å². The molecular weight excluding hydrogens is 835 g/mol. The van der Waals surface area contributed by atoms with Gasteiger partial charge in [0.15, 0.2) is 17.3 Å². The summed E-state index contributed by atoms with van der Waals surface area (Å²) in [4.78, 5) is 77.1. The smallest absolute Gasteiger partial charge is 0.226 e. The van der Waals surface area contributed by atoms with Crippen molar-refractivity contribution in [3.63, 3.8) is 0 Å². The molecule has 5 rings (SSSR count). The lowest BCUT2D eigenvalue weighted by Crippen LogP contribution is -2.46. The summed E-state index contributed by atoms with van der Waals surface area (Å²) in [6.07, 6.45) is -0.322. The highest BCUT2D eigenvalue weighted by atomic mass is 16.5. The maximum Gasteiger partial charge on any atom is 0.226 e. The number of nitrogens with two attached hydrogens (primary N) is 3. The number of fused-ring (bicyclic) bond motifs is 5. The number of aromatic nitrogens is 1. The van der Waals surface area contributed by atoms with E-state index in [0.29, 0.717) is 45.0 Å². The minimum atomic E-state index is -1.23. The van der Waals surface area contributed by atoms with Gasteiger partial charge >= 0.3 is 0 Å². The minimum Gasteiger partial charge on any atom is -0.492 e. The van der Waals surface area contributed by atoms with Gasteiger partial charge in [-0.15, -0.1) is 0 Å². The molecule has 66 heavy (non-hydrogen) atoms. The van der Waals surface area contributed by atoms with E-state index in [-0.39, 0.29) is 88.4 Å². The Morgan fingerprint density at radius 1 is 0.879 bits per heavy atom. The first-order chi connectivity index (χ1) is 31.4. The largest absolute Gasteiger partial charge is 0.492 e. The highest BCUT2D eigenvalue weighted by Crippen LogP contribution is 2.41. The maximum absolute atomic E-state index is 14.8. The van der Waals surface area contributed by atoms with Crippen molar-refractivity contribution in [2.24, 2.45) is 29.0 Å². The van der Waals surface area contributed by atoms with Crippen LogP contribution in [0, 0.1) is 37.0 Å². The number of nitriles is 1. The predicted octanol–water partition coefficient (Wildman–Crippen LogP) is 6.25. The van der Waals surface area contributed by atoms with E-state index >= 15 is 0 Å². The van der Waals surface area contributed by atoms with Gasteiger partial charge in [0.25, 0.3) is 0 Å². The molecule has 4 atom stereocenters. The van der Waals surface area contributed by atoms with Gasteiger partial charge in [-0.05, 0) is 97.3 Å². The second-order valence-corrected chi connectivity index (χ2v) is 18.2. The van der Waals surface area contributed by atoms with Crippen molar-refractivity contribution in [3.8, 4) is 40.0 Å². The number of aryl methyl sites for hydroxylation is 2. The molecule has 0 radical (unpaired) electrons. The number of Topliss-reactive ketones (excluding diaryl/α,β-unsaturated/α-hetero) is 3. The van der Waals surface area contributed by atoms with E-state index in [1.807, 2.05) is 25.1 Å². The van der Waals surface area contributed by atoms with Crippen LogP contribution in [-0.2, 0) is 31.0 Å². The van der Waals surface area contributed by atoms with Crippen LogP contribution in [0.2, 0.25) is 0 Å². The fraction of sp³-hybridized carbons (Fsp3) is 0.442. The van der Waals surface area contributed by atoms with Crippen LogP contribution in [0.25, 0.3) is 22.4 Å². The van der Waals surface area contributed by atoms with Crippen molar-refractivity contribution >= 4 is 29.2 Å². The molecular formula is C52H65N7O7. The van der Waals surface area contributed by atoms with Gasteiger partial charge < -0.3 is 36.9 Å². The van der Waals surface area contributed by atoms with Crippen LogP contribution in [0.5, 0.6) is 11.5 Å². The standard InChI is InChI=1S/C52H65N7O7/c1-31-25-37(52(4,5)6)12-13-38(31)42-15-14-39(33(3)57-42)45(61)30-36(18-20-54)51(64)59(7)49-35-11-17-48(66-24-22-56)41(29-35)40-27-34(10-16-47(40)65-23-21-55)28-43(44(60)9-8-19-53)58-50(63)32(2)26-46(49)62/h10-17,25,27,29,32,36,43,49H,8-9,18,20-24,26,28,30,54-56H2,1-7H3,(H,58,63)/t32-,36-,43+,49+/m1/s1. The van der Waals surface area contributed by atoms with E-state index in [1.165, 1.54) is 17.5 Å². The second-order valence-electron chi connectivity index (χ2n) is 18.2. The van der Waals surface area contributed by atoms with E-state index in [2.05, 4.69) is 44.3 Å². The molecule has 1 aliphatic heterocycles. The average molecular weight is 900 g/mol. The molecule has 2 heterocycles. The quantitative estimate of drug-likeness (QED) is 0.0862. The second kappa shape index (κ2) is 22.8. The van der Waals surface area contributed by atoms with Gasteiger partial charge in [0.05, 0.1) is 17.8 Å². The maximum atomic E-state index is 14.8. The summed E-state index contributed by atoms with van der Waals surface area (Å²) in [5.41, 5.74) is 24.8. The summed E-state index contributed by atoms with van der Waals surface area (Å²) in [6.45, 7) is 12.8. The Bertz CT molecular complexity index is 2470. The summed E-state index contributed by atoms with van der Waals surface area (Å²) < 4.78 is 12.3. The fourth-order valence-electron chi connectivity index (χ4n) is 8.40. The molecule has 0 spiro atoms. The highest BCUT2D eigenvalue weighted by molar-refractivity contribution is 6.01. The number of benzene rings is 3. The van der Waals surface area contributed by atoms with Gasteiger partial charge in [-0.25, -0.2) is 0 Å². The van der Waals surface area contributed by atoms with Crippen LogP contribution in [0.1, 0.15) is 104 Å². The number of carbonyl (C=O) groups excluding carboxylic acids is 5. The third-order valence-corrected chi connectivity index (χ3v) is 12.1. The zero-order valence-electron chi connectivity index (χ0n) is 39.4. The number of rotatable bonds is 17. The molecule has 14 heteroatoms. The molecule has 14 nitrogen and oxygen atoms in total. The van der Waals surface area contributed by atoms with Crippen LogP contribution in [-0.4, -0.2) is 85.0 Å². The molecule has 2 amide bonds. The normalized spacial score (nSPS) is 16.9. The van der Waals surface area contributed by atoms with Crippen LogP contribution in [0.4, 0.5) is 0 Å². The molecule has 0 fully saturated rings. The number of carbonyl (C=O) groups is 5. The third-order valence-electron chi connectivity index (χ3n) is 12.1. The van der Waals surface area contributed by atoms with E-state index < -0.39 is 41.5 Å². The molecule has 3 aromatic carbocycles. The van der Waals surface area contributed by atoms with Crippen molar-refractivity contribution in [2.75, 3.05) is 39.9 Å². The van der Waals surface area contributed by atoms with Crippen molar-refractivity contribution in [2.45, 2.75) is 97.6 Å². The van der Waals surface area contributed by atoms with E-state index in [4.69, 9.17) is 31.7 Å². The fourth-order valence-corrected chi connectivity index (χ4v) is 8.40. The van der Waals surface area contributed by atoms with Gasteiger partial charge in [-0.1, -0.05) is 58.0 Å². The number of hydrogen-bond donors (Lipinski definition) is 4. The van der Waals surface area contributed by atoms with Crippen molar-refractivity contribution in [3.05, 3.63) is 100 Å². The summed E-state index contributed by atoms with van der Waals surface area (Å²) >= 11 is 0. The van der Waals surface area contributed by atoms with Gasteiger partial charge in [-0.2, -0.15) is 5.26 Å². The van der Waals surface area contributed by atoms with Crippen LogP contribution < -0.4 is 32.0 Å². The molecule has 0 unspecified atom stereocenters. The molecule has 0 saturated heterocycles. The number of pyridine rings is 1. The molecule has 0 aliphatic carbocycles. The van der Waals surface area contributed by atoms with Gasteiger partial charge in [0.1, 0.15) is 30.8 Å². The summed E-state index contributed by atoms with van der Waals surface area (Å²) in [7, 11) is 1.51. The molecule has 4 aromatic rings. The van der Waals surface area contributed by atoms with E-state index in [9.17, 15) is 29.2 Å². The number of amides is 2. The first-order valence-corrected chi connectivity index (χ1v) is 22.7. The Morgan fingerprint density at radius 3 is 2.15 bits per heavy atom. The number of ether oxygens (including phenoxy) is 2. The van der Waals surface area contributed by atoms with Crippen molar-refractivity contribution < 1.29 is 33.4 Å². The number of likely N-dealkylation sites (N-methyl/N-ethyl adjacent to an activating group) is 1. The monoisotopic (exact) mass is 899 g/mol. The van der Waals surface area contributed by atoms with Gasteiger partial charge in [0, 0.05) is 85.6 Å². The number of hydrogen-bond acceptors (Lipinski definition) is 12. The van der Waals surface area contributed by atoms with Crippen LogP contribution >= 0.6 is 0 Å². The topological polar surface area (TPSA) is 234 Å². The zero-order chi connectivity index (χ0) is 48.3. The molecule has 4 bridgehead atoms. The van der Waals surface area contributed by atoms with Crippen LogP contribution in [0.15, 0.2) is 66.7 Å². The van der Waals surface area contributed by atoms with Crippen LogP contribution in [0.3, 0.4) is 0 Å². The Hall–Kier alpha value is -6.27. The Morgan fingerprint density at radius 2 is 1.55 bits per heavy atom. The molecule has 7 N–H and O–H groups in total. The van der Waals surface area contributed by atoms with E-state index in [0.717, 1.165) is 16.8 Å². The lowest BCUT2D eigenvalue weighted by Gasteiger charge is -2.32. The lowest BCUT2D eigenvalue weighted by atomic mass is 9.85. The van der Waals surface area contributed by atoms with Crippen molar-refractivity contribution in [1.82, 2.24) is 15.2 Å². The number of nitrogens with zero attached hydrogens (tertiary/aromatic N) is 3. The van der Waals surface area contributed by atoms with Gasteiger partial charge in [0.2, 0.25) is 11.8 Å². The first kappa shape index (κ1) is 50.7. The molecule has 350 valence electrons. The first-order valence-electron chi connectivity index (χ1n) is 22.7. The molecule has 0 saturated carbocycles. The number of ketones is 3. The minimum absolute atomic E-state index is 0.0151. The lowest BCUT2D eigenvalue weighted by molar-refractivity contribution is -0.142. The molecule has 1 aliphatic rings. The summed E-state index contributed by atoms with van der Waals surface area (Å²) in [6, 6.07) is 20.2. The Kier molecular flexibility index (Phi) is 17.5. The summed E-state index contributed by atoms with van der Waals surface area (Å²) in [5, 5.41) is 12.1. The average Bonchev–Trinajstić information content (AvgIpc) is 3.28.